The molecule has 0 saturated carbocycles. The first kappa shape index (κ1) is 18.6. The lowest BCUT2D eigenvalue weighted by atomic mass is 10.2. The largest absolute Gasteiger partial charge is 0.508 e. The van der Waals surface area contributed by atoms with Gasteiger partial charge < -0.3 is 20.6 Å². The van der Waals surface area contributed by atoms with Gasteiger partial charge in [-0.1, -0.05) is 6.07 Å². The Balaban J connectivity index is 1.83. The first-order valence-electron chi connectivity index (χ1n) is 8.84. The molecule has 0 bridgehead atoms. The van der Waals surface area contributed by atoms with Crippen molar-refractivity contribution in [1.29, 1.82) is 0 Å². The van der Waals surface area contributed by atoms with Gasteiger partial charge in [0.05, 0.1) is 5.69 Å². The molecule has 1 aromatic carbocycles. The molecule has 0 spiro atoms. The van der Waals surface area contributed by atoms with E-state index in [1.807, 2.05) is 24.3 Å². The van der Waals surface area contributed by atoms with Gasteiger partial charge in [0.1, 0.15) is 11.6 Å². The zero-order chi connectivity index (χ0) is 19.1. The van der Waals surface area contributed by atoms with E-state index in [-0.39, 0.29) is 5.75 Å². The summed E-state index contributed by atoms with van der Waals surface area (Å²) in [6, 6.07) is 12.6. The second-order valence-electron chi connectivity index (χ2n) is 6.46. The maximum Gasteiger partial charge on any atom is 0.225 e. The zero-order valence-corrected chi connectivity index (χ0v) is 15.6. The van der Waals surface area contributed by atoms with Crippen LogP contribution in [0.15, 0.2) is 54.9 Å². The zero-order valence-electron chi connectivity index (χ0n) is 15.6. The van der Waals surface area contributed by atoms with E-state index in [2.05, 4.69) is 44.6 Å². The molecule has 3 rings (SSSR count). The van der Waals surface area contributed by atoms with Crippen LogP contribution >= 0.6 is 0 Å². The van der Waals surface area contributed by atoms with Gasteiger partial charge in [0.15, 0.2) is 0 Å². The first-order valence-corrected chi connectivity index (χ1v) is 8.84. The number of phenols is 1. The quantitative estimate of drug-likeness (QED) is 0.528. The average Bonchev–Trinajstić information content (AvgIpc) is 2.66. The highest BCUT2D eigenvalue weighted by Gasteiger charge is 2.08. The van der Waals surface area contributed by atoms with Gasteiger partial charge in [-0.25, -0.2) is 4.98 Å². The number of rotatable bonds is 8. The number of nitrogens with zero attached hydrogens (tertiary/aromatic N) is 4. The van der Waals surface area contributed by atoms with Crippen LogP contribution in [0.5, 0.6) is 5.75 Å². The minimum Gasteiger partial charge on any atom is -0.508 e. The minimum absolute atomic E-state index is 0.199. The summed E-state index contributed by atoms with van der Waals surface area (Å²) in [4.78, 5) is 15.4. The number of hydrogen-bond acceptors (Lipinski definition) is 7. The Labute approximate surface area is 159 Å². The number of pyridine rings is 1. The number of nitrogens with one attached hydrogen (secondary N) is 2. The van der Waals surface area contributed by atoms with Crippen LogP contribution in [0, 0.1) is 0 Å². The van der Waals surface area contributed by atoms with Gasteiger partial charge in [-0.15, -0.1) is 0 Å². The maximum atomic E-state index is 9.67. The minimum atomic E-state index is 0.199. The summed E-state index contributed by atoms with van der Waals surface area (Å²) >= 11 is 0. The molecule has 0 unspecified atom stereocenters. The molecule has 3 aromatic rings. The predicted octanol–water partition coefficient (Wildman–Crippen LogP) is 3.35. The summed E-state index contributed by atoms with van der Waals surface area (Å²) in [6.45, 7) is 1.77. The molecule has 0 aliphatic carbocycles. The van der Waals surface area contributed by atoms with Crippen LogP contribution in [0.1, 0.15) is 6.42 Å². The van der Waals surface area contributed by atoms with Crippen molar-refractivity contribution in [2.24, 2.45) is 0 Å². The number of phenolic OH excluding ortho intramolecular Hbond substituents is 1. The third-order valence-electron chi connectivity index (χ3n) is 3.89. The molecule has 0 aliphatic heterocycles. The number of anilines is 3. The third-order valence-corrected chi connectivity index (χ3v) is 3.89. The maximum absolute atomic E-state index is 9.67. The Bertz CT molecular complexity index is 869. The number of benzene rings is 1. The SMILES string of the molecule is CN(C)CCCNc1nc(Nc2cccc(O)c2)cc(-c2ccncc2)n1. The lowest BCUT2D eigenvalue weighted by Crippen LogP contribution is -2.17. The fourth-order valence-corrected chi connectivity index (χ4v) is 2.59. The van der Waals surface area contributed by atoms with Crippen LogP contribution in [0.4, 0.5) is 17.5 Å². The third kappa shape index (κ3) is 5.65. The smallest absolute Gasteiger partial charge is 0.225 e. The van der Waals surface area contributed by atoms with E-state index in [4.69, 9.17) is 0 Å². The lowest BCUT2D eigenvalue weighted by Gasteiger charge is -2.13. The molecule has 0 atom stereocenters. The van der Waals surface area contributed by atoms with Crippen molar-refractivity contribution >= 4 is 17.5 Å². The Morgan fingerprint density at radius 2 is 1.85 bits per heavy atom. The van der Waals surface area contributed by atoms with Gasteiger partial charge in [-0.05, 0) is 51.3 Å². The number of hydrogen-bond donors (Lipinski definition) is 3. The summed E-state index contributed by atoms with van der Waals surface area (Å²) in [5.74, 6) is 1.41. The molecule has 0 radical (unpaired) electrons. The van der Waals surface area contributed by atoms with E-state index in [9.17, 15) is 5.11 Å². The molecule has 140 valence electrons. The van der Waals surface area contributed by atoms with Crippen LogP contribution in [-0.2, 0) is 0 Å². The highest BCUT2D eigenvalue weighted by atomic mass is 16.3. The van der Waals surface area contributed by atoms with E-state index in [0.717, 1.165) is 36.5 Å². The highest BCUT2D eigenvalue weighted by molar-refractivity contribution is 5.67. The van der Waals surface area contributed by atoms with Crippen LogP contribution in [0.3, 0.4) is 0 Å². The Kier molecular flexibility index (Phi) is 6.17. The van der Waals surface area contributed by atoms with Gasteiger partial charge in [0.25, 0.3) is 0 Å². The molecule has 0 amide bonds. The van der Waals surface area contributed by atoms with Gasteiger partial charge in [-0.2, -0.15) is 4.98 Å². The molecule has 0 saturated heterocycles. The Morgan fingerprint density at radius 3 is 2.59 bits per heavy atom. The molecule has 27 heavy (non-hydrogen) atoms. The number of aromatic hydroxyl groups is 1. The van der Waals surface area contributed by atoms with Crippen LogP contribution in [-0.4, -0.2) is 52.1 Å². The fourth-order valence-electron chi connectivity index (χ4n) is 2.59. The topological polar surface area (TPSA) is 86.2 Å². The van der Waals surface area contributed by atoms with Crippen LogP contribution in [0.2, 0.25) is 0 Å². The molecule has 2 aromatic heterocycles. The van der Waals surface area contributed by atoms with Crippen molar-refractivity contribution in [1.82, 2.24) is 19.9 Å². The van der Waals surface area contributed by atoms with Crippen LogP contribution < -0.4 is 10.6 Å². The summed E-state index contributed by atoms with van der Waals surface area (Å²) in [5.41, 5.74) is 2.51. The van der Waals surface area contributed by atoms with Crippen molar-refractivity contribution in [2.75, 3.05) is 37.8 Å². The van der Waals surface area contributed by atoms with E-state index in [1.165, 1.54) is 0 Å². The molecule has 3 N–H and O–H groups in total. The van der Waals surface area contributed by atoms with Crippen molar-refractivity contribution in [3.05, 3.63) is 54.9 Å². The van der Waals surface area contributed by atoms with Crippen molar-refractivity contribution in [3.63, 3.8) is 0 Å². The Hall–Kier alpha value is -3.19. The first-order chi connectivity index (χ1) is 13.1. The van der Waals surface area contributed by atoms with Gasteiger partial charge in [0.2, 0.25) is 5.95 Å². The van der Waals surface area contributed by atoms with Crippen molar-refractivity contribution in [3.8, 4) is 17.0 Å². The summed E-state index contributed by atoms with van der Waals surface area (Å²) in [5, 5.41) is 16.2. The monoisotopic (exact) mass is 364 g/mol. The van der Waals surface area contributed by atoms with Crippen LogP contribution in [0.25, 0.3) is 11.3 Å². The van der Waals surface area contributed by atoms with E-state index in [1.54, 1.807) is 30.6 Å². The van der Waals surface area contributed by atoms with Gasteiger partial charge in [-0.3, -0.25) is 4.98 Å². The normalized spacial score (nSPS) is 10.8. The molecule has 7 heteroatoms. The standard InChI is InChI=1S/C20H24N6O/c1-26(2)12-4-9-22-20-24-18(15-7-10-21-11-8-15)14-19(25-20)23-16-5-3-6-17(27)13-16/h3,5-8,10-11,13-14,27H,4,9,12H2,1-2H3,(H2,22,23,24,25). The predicted molar refractivity (Wildman–Crippen MR) is 108 cm³/mol. The summed E-state index contributed by atoms with van der Waals surface area (Å²) in [6.07, 6.45) is 4.47. The molecule has 2 heterocycles. The second-order valence-corrected chi connectivity index (χ2v) is 6.46. The molecule has 7 nitrogen and oxygen atoms in total. The van der Waals surface area contributed by atoms with Gasteiger partial charge in [0, 0.05) is 42.3 Å². The highest BCUT2D eigenvalue weighted by Crippen LogP contribution is 2.24. The summed E-state index contributed by atoms with van der Waals surface area (Å²) in [7, 11) is 4.11. The Morgan fingerprint density at radius 1 is 1.04 bits per heavy atom. The van der Waals surface area contributed by atoms with E-state index >= 15 is 0 Å². The molecule has 0 aliphatic rings. The second kappa shape index (κ2) is 8.95. The average molecular weight is 364 g/mol. The molecule has 0 fully saturated rings. The molecular weight excluding hydrogens is 340 g/mol. The van der Waals surface area contributed by atoms with Gasteiger partial charge >= 0.3 is 0 Å². The van der Waals surface area contributed by atoms with E-state index < -0.39 is 0 Å². The molecular formula is C20H24N6O. The van der Waals surface area contributed by atoms with Crippen molar-refractivity contribution < 1.29 is 5.11 Å². The van der Waals surface area contributed by atoms with Crippen molar-refractivity contribution in [2.45, 2.75) is 6.42 Å². The number of aromatic nitrogens is 3. The fraction of sp³-hybridized carbons (Fsp3) is 0.250. The lowest BCUT2D eigenvalue weighted by molar-refractivity contribution is 0.405. The summed E-state index contributed by atoms with van der Waals surface area (Å²) < 4.78 is 0. The van der Waals surface area contributed by atoms with E-state index in [0.29, 0.717) is 11.8 Å².